The second-order valence-electron chi connectivity index (χ2n) is 7.17. The van der Waals surface area contributed by atoms with Crippen LogP contribution in [0.2, 0.25) is 0 Å². The lowest BCUT2D eigenvalue weighted by atomic mass is 10.1. The molecule has 3 rings (SSSR count). The second-order valence-corrected chi connectivity index (χ2v) is 7.17. The smallest absolute Gasteiger partial charge is 0.335 e. The van der Waals surface area contributed by atoms with Crippen LogP contribution in [-0.4, -0.2) is 31.9 Å². The Morgan fingerprint density at radius 3 is 2.14 bits per heavy atom. The number of hydrogen-bond donors (Lipinski definition) is 1. The SMILES string of the molecule is Cc1cc(C)cc(N2C(=O)NC(=O)/C(=C/C=C/c3ccc(N(C)C)cc3)C2=O)c1. The number of urea groups is 1. The lowest BCUT2D eigenvalue weighted by Crippen LogP contribution is -2.54. The largest absolute Gasteiger partial charge is 0.378 e. The summed E-state index contributed by atoms with van der Waals surface area (Å²) in [6.45, 7) is 3.77. The van der Waals surface area contributed by atoms with Crippen molar-refractivity contribution in [2.75, 3.05) is 23.9 Å². The molecule has 0 atom stereocenters. The van der Waals surface area contributed by atoms with E-state index in [9.17, 15) is 14.4 Å². The van der Waals surface area contributed by atoms with E-state index in [0.717, 1.165) is 27.3 Å². The van der Waals surface area contributed by atoms with Crippen molar-refractivity contribution in [1.82, 2.24) is 5.32 Å². The molecule has 1 aliphatic heterocycles. The van der Waals surface area contributed by atoms with Gasteiger partial charge in [-0.1, -0.05) is 30.4 Å². The molecule has 2 aromatic carbocycles. The summed E-state index contributed by atoms with van der Waals surface area (Å²) in [5.41, 5.74) is 4.19. The van der Waals surface area contributed by atoms with Gasteiger partial charge in [-0.2, -0.15) is 0 Å². The highest BCUT2D eigenvalue weighted by molar-refractivity contribution is 6.37. The molecule has 0 aliphatic carbocycles. The lowest BCUT2D eigenvalue weighted by Gasteiger charge is -2.26. The molecule has 0 bridgehead atoms. The third-order valence-electron chi connectivity index (χ3n) is 4.53. The van der Waals surface area contributed by atoms with Crippen LogP contribution in [0.4, 0.5) is 16.2 Å². The van der Waals surface area contributed by atoms with Crippen LogP contribution in [0.15, 0.2) is 60.2 Å². The first kappa shape index (κ1) is 20.1. The number of barbiturate groups is 1. The Kier molecular flexibility index (Phi) is 5.64. The zero-order valence-electron chi connectivity index (χ0n) is 16.9. The minimum absolute atomic E-state index is 0.0927. The van der Waals surface area contributed by atoms with E-state index in [1.54, 1.807) is 24.3 Å². The molecule has 0 aromatic heterocycles. The first-order valence-electron chi connectivity index (χ1n) is 9.20. The van der Waals surface area contributed by atoms with Crippen molar-refractivity contribution >= 4 is 35.3 Å². The van der Waals surface area contributed by atoms with Gasteiger partial charge in [0.2, 0.25) is 0 Å². The zero-order valence-corrected chi connectivity index (χ0v) is 16.9. The molecule has 4 amide bonds. The van der Waals surface area contributed by atoms with E-state index in [4.69, 9.17) is 0 Å². The Balaban J connectivity index is 1.86. The summed E-state index contributed by atoms with van der Waals surface area (Å²) < 4.78 is 0. The van der Waals surface area contributed by atoms with Gasteiger partial charge in [-0.3, -0.25) is 14.9 Å². The highest BCUT2D eigenvalue weighted by Crippen LogP contribution is 2.23. The Bertz CT molecular complexity index is 1010. The highest BCUT2D eigenvalue weighted by Gasteiger charge is 2.36. The average molecular weight is 389 g/mol. The molecule has 0 saturated carbocycles. The summed E-state index contributed by atoms with van der Waals surface area (Å²) in [7, 11) is 3.93. The molecule has 2 aromatic rings. The summed E-state index contributed by atoms with van der Waals surface area (Å²) >= 11 is 0. The maximum atomic E-state index is 12.9. The van der Waals surface area contributed by atoms with E-state index in [0.29, 0.717) is 5.69 Å². The van der Waals surface area contributed by atoms with Crippen molar-refractivity contribution in [2.24, 2.45) is 0 Å². The number of amides is 4. The van der Waals surface area contributed by atoms with Gasteiger partial charge in [-0.25, -0.2) is 9.69 Å². The van der Waals surface area contributed by atoms with Gasteiger partial charge in [0.1, 0.15) is 5.57 Å². The quantitative estimate of drug-likeness (QED) is 0.641. The molecule has 148 valence electrons. The summed E-state index contributed by atoms with van der Waals surface area (Å²) in [4.78, 5) is 40.4. The van der Waals surface area contributed by atoms with E-state index in [2.05, 4.69) is 5.32 Å². The average Bonchev–Trinajstić information content (AvgIpc) is 2.63. The van der Waals surface area contributed by atoms with Gasteiger partial charge in [0, 0.05) is 19.8 Å². The van der Waals surface area contributed by atoms with Gasteiger partial charge < -0.3 is 4.90 Å². The zero-order chi connectivity index (χ0) is 21.1. The summed E-state index contributed by atoms with van der Waals surface area (Å²) in [6, 6.07) is 12.5. The van der Waals surface area contributed by atoms with Gasteiger partial charge in [0.15, 0.2) is 0 Å². The van der Waals surface area contributed by atoms with Crippen molar-refractivity contribution in [1.29, 1.82) is 0 Å². The van der Waals surface area contributed by atoms with E-state index < -0.39 is 17.8 Å². The van der Waals surface area contributed by atoms with Crippen LogP contribution in [0.3, 0.4) is 0 Å². The van der Waals surface area contributed by atoms with Crippen molar-refractivity contribution in [3.63, 3.8) is 0 Å². The Morgan fingerprint density at radius 1 is 0.931 bits per heavy atom. The van der Waals surface area contributed by atoms with E-state index in [1.165, 1.54) is 6.08 Å². The van der Waals surface area contributed by atoms with Crippen LogP contribution in [-0.2, 0) is 9.59 Å². The van der Waals surface area contributed by atoms with Crippen LogP contribution in [0.1, 0.15) is 16.7 Å². The van der Waals surface area contributed by atoms with E-state index in [1.807, 2.05) is 63.2 Å². The molecule has 29 heavy (non-hydrogen) atoms. The maximum Gasteiger partial charge on any atom is 0.335 e. The van der Waals surface area contributed by atoms with E-state index >= 15 is 0 Å². The fourth-order valence-corrected chi connectivity index (χ4v) is 3.13. The molecule has 6 nitrogen and oxygen atoms in total. The van der Waals surface area contributed by atoms with Crippen LogP contribution < -0.4 is 15.1 Å². The molecule has 0 unspecified atom stereocenters. The Morgan fingerprint density at radius 2 is 1.55 bits per heavy atom. The van der Waals surface area contributed by atoms with Crippen molar-refractivity contribution in [3.05, 3.63) is 76.9 Å². The maximum absolute atomic E-state index is 12.9. The number of rotatable bonds is 4. The molecule has 1 saturated heterocycles. The van der Waals surface area contributed by atoms with Gasteiger partial charge in [0.25, 0.3) is 11.8 Å². The normalized spacial score (nSPS) is 15.9. The number of benzene rings is 2. The molecule has 1 heterocycles. The summed E-state index contributed by atoms with van der Waals surface area (Å²) in [6.07, 6.45) is 4.86. The summed E-state index contributed by atoms with van der Waals surface area (Å²) in [5, 5.41) is 2.24. The number of imide groups is 2. The molecular weight excluding hydrogens is 366 g/mol. The lowest BCUT2D eigenvalue weighted by molar-refractivity contribution is -0.122. The fourth-order valence-electron chi connectivity index (χ4n) is 3.13. The van der Waals surface area contributed by atoms with Gasteiger partial charge in [0.05, 0.1) is 5.69 Å². The monoisotopic (exact) mass is 389 g/mol. The fraction of sp³-hybridized carbons (Fsp3) is 0.174. The number of anilines is 2. The molecule has 0 radical (unpaired) electrons. The molecular formula is C23H23N3O3. The van der Waals surface area contributed by atoms with Crippen molar-refractivity contribution in [3.8, 4) is 0 Å². The summed E-state index contributed by atoms with van der Waals surface area (Å²) in [5.74, 6) is -1.34. The van der Waals surface area contributed by atoms with Crippen LogP contribution in [0, 0.1) is 13.8 Å². The minimum atomic E-state index is -0.745. The van der Waals surface area contributed by atoms with Gasteiger partial charge >= 0.3 is 6.03 Å². The Hall–Kier alpha value is -3.67. The van der Waals surface area contributed by atoms with Crippen LogP contribution in [0.5, 0.6) is 0 Å². The number of carbonyl (C=O) groups excluding carboxylic acids is 3. The third kappa shape index (κ3) is 4.43. The van der Waals surface area contributed by atoms with Gasteiger partial charge in [-0.05, 0) is 60.9 Å². The van der Waals surface area contributed by atoms with Crippen molar-refractivity contribution in [2.45, 2.75) is 13.8 Å². The number of allylic oxidation sites excluding steroid dienone is 2. The number of carbonyl (C=O) groups is 3. The molecule has 1 N–H and O–H groups in total. The predicted octanol–water partition coefficient (Wildman–Crippen LogP) is 3.59. The topological polar surface area (TPSA) is 69.7 Å². The number of nitrogens with zero attached hydrogens (tertiary/aromatic N) is 2. The van der Waals surface area contributed by atoms with Gasteiger partial charge in [-0.15, -0.1) is 0 Å². The number of aryl methyl sites for hydroxylation is 2. The molecule has 6 heteroatoms. The minimum Gasteiger partial charge on any atom is -0.378 e. The first-order valence-corrected chi connectivity index (χ1v) is 9.20. The highest BCUT2D eigenvalue weighted by atomic mass is 16.2. The van der Waals surface area contributed by atoms with Crippen molar-refractivity contribution < 1.29 is 14.4 Å². The molecule has 0 spiro atoms. The van der Waals surface area contributed by atoms with Crippen LogP contribution >= 0.6 is 0 Å². The second kappa shape index (κ2) is 8.14. The van der Waals surface area contributed by atoms with E-state index in [-0.39, 0.29) is 5.57 Å². The number of nitrogens with one attached hydrogen (secondary N) is 1. The third-order valence-corrected chi connectivity index (χ3v) is 4.53. The Labute approximate surface area is 170 Å². The van der Waals surface area contributed by atoms with Crippen LogP contribution in [0.25, 0.3) is 6.08 Å². The standard InChI is InChI=1S/C23H23N3O3/c1-15-12-16(2)14-19(13-15)26-22(28)20(21(27)24-23(26)29)7-5-6-17-8-10-18(11-9-17)25(3)4/h5-14H,1-4H3,(H,24,27,29)/b6-5+,20-7-. The first-order chi connectivity index (χ1) is 13.8. The molecule has 1 aliphatic rings. The predicted molar refractivity (Wildman–Crippen MR) is 115 cm³/mol. The number of hydrogen-bond acceptors (Lipinski definition) is 4. The molecule has 1 fully saturated rings.